The summed E-state index contributed by atoms with van der Waals surface area (Å²) in [4.78, 5) is -0.0147. The number of halogens is 1. The molecule has 1 aromatic heterocycles. The Hall–Kier alpha value is -1.50. The maximum atomic E-state index is 12.3. The first kappa shape index (κ1) is 14.9. The Labute approximate surface area is 122 Å². The van der Waals surface area contributed by atoms with Crippen LogP contribution in [-0.2, 0) is 16.6 Å². The van der Waals surface area contributed by atoms with Gasteiger partial charge in [-0.3, -0.25) is 4.72 Å². The number of anilines is 1. The third kappa shape index (κ3) is 2.98. The summed E-state index contributed by atoms with van der Waals surface area (Å²) in [6.07, 6.45) is 0. The number of aliphatic hydroxyl groups excluding tert-OH is 1. The van der Waals surface area contributed by atoms with Crippen LogP contribution in [0.15, 0.2) is 33.6 Å². The molecule has 7 heteroatoms. The van der Waals surface area contributed by atoms with Crippen LogP contribution in [0.2, 0.25) is 5.02 Å². The lowest BCUT2D eigenvalue weighted by Gasteiger charge is -2.09. The van der Waals surface area contributed by atoms with Crippen LogP contribution in [0.5, 0.6) is 0 Å². The Morgan fingerprint density at radius 3 is 2.60 bits per heavy atom. The van der Waals surface area contributed by atoms with Crippen molar-refractivity contribution in [2.45, 2.75) is 25.3 Å². The third-order valence-electron chi connectivity index (χ3n) is 2.73. The minimum absolute atomic E-state index is 0.0147. The fourth-order valence-electron chi connectivity index (χ4n) is 1.79. The molecule has 5 nitrogen and oxygen atoms in total. The van der Waals surface area contributed by atoms with Gasteiger partial charge in [-0.1, -0.05) is 17.7 Å². The standard InChI is InChI=1S/C13H14ClNO4S/c1-8-3-4-11(14)12(5-8)15-20(17,18)13-6-10(7-16)19-9(13)2/h3-6,15-16H,7H2,1-2H3. The Bertz CT molecular complexity index is 737. The van der Waals surface area contributed by atoms with Gasteiger partial charge in [-0.15, -0.1) is 0 Å². The van der Waals surface area contributed by atoms with Crippen LogP contribution in [0.25, 0.3) is 0 Å². The van der Waals surface area contributed by atoms with E-state index in [1.54, 1.807) is 18.2 Å². The van der Waals surface area contributed by atoms with Crippen molar-refractivity contribution < 1.29 is 17.9 Å². The number of nitrogens with one attached hydrogen (secondary N) is 1. The lowest BCUT2D eigenvalue weighted by Crippen LogP contribution is -2.13. The van der Waals surface area contributed by atoms with E-state index in [2.05, 4.69) is 4.72 Å². The van der Waals surface area contributed by atoms with Gasteiger partial charge in [0, 0.05) is 6.07 Å². The molecule has 0 saturated heterocycles. The quantitative estimate of drug-likeness (QED) is 0.909. The monoisotopic (exact) mass is 315 g/mol. The molecular weight excluding hydrogens is 302 g/mol. The van der Waals surface area contributed by atoms with Crippen LogP contribution < -0.4 is 4.72 Å². The Kier molecular flexibility index (Phi) is 4.08. The SMILES string of the molecule is Cc1ccc(Cl)c(NS(=O)(=O)c2cc(CO)oc2C)c1. The topological polar surface area (TPSA) is 79.5 Å². The molecule has 2 aromatic rings. The van der Waals surface area contributed by atoms with Gasteiger partial charge in [-0.25, -0.2) is 8.42 Å². The average Bonchev–Trinajstić information content (AvgIpc) is 2.76. The van der Waals surface area contributed by atoms with E-state index in [0.717, 1.165) is 5.56 Å². The van der Waals surface area contributed by atoms with Gasteiger partial charge >= 0.3 is 0 Å². The summed E-state index contributed by atoms with van der Waals surface area (Å²) in [6.45, 7) is 2.99. The smallest absolute Gasteiger partial charge is 0.265 e. The number of aliphatic hydroxyl groups is 1. The van der Waals surface area contributed by atoms with Crippen molar-refractivity contribution in [2.24, 2.45) is 0 Å². The third-order valence-corrected chi connectivity index (χ3v) is 4.54. The summed E-state index contributed by atoms with van der Waals surface area (Å²) in [5.41, 5.74) is 1.19. The number of rotatable bonds is 4. The van der Waals surface area contributed by atoms with E-state index in [0.29, 0.717) is 10.7 Å². The van der Waals surface area contributed by atoms with E-state index in [9.17, 15) is 8.42 Å². The van der Waals surface area contributed by atoms with E-state index < -0.39 is 10.0 Å². The number of furan rings is 1. The first-order valence-electron chi connectivity index (χ1n) is 5.82. The maximum Gasteiger partial charge on any atom is 0.265 e. The van der Waals surface area contributed by atoms with Crippen molar-refractivity contribution in [1.82, 2.24) is 0 Å². The lowest BCUT2D eigenvalue weighted by molar-refractivity contribution is 0.245. The van der Waals surface area contributed by atoms with Gasteiger partial charge in [0.05, 0.1) is 10.7 Å². The van der Waals surface area contributed by atoms with Gasteiger partial charge in [-0.2, -0.15) is 0 Å². The second-order valence-corrected chi connectivity index (χ2v) is 6.44. The van der Waals surface area contributed by atoms with Crippen molar-refractivity contribution >= 4 is 27.3 Å². The first-order valence-corrected chi connectivity index (χ1v) is 7.69. The fourth-order valence-corrected chi connectivity index (χ4v) is 3.28. The molecule has 0 aliphatic carbocycles. The lowest BCUT2D eigenvalue weighted by atomic mass is 10.2. The van der Waals surface area contributed by atoms with E-state index in [-0.39, 0.29) is 23.0 Å². The predicted molar refractivity (Wildman–Crippen MR) is 76.4 cm³/mol. The summed E-state index contributed by atoms with van der Waals surface area (Å²) in [5, 5.41) is 9.29. The Morgan fingerprint density at radius 1 is 1.30 bits per heavy atom. The van der Waals surface area contributed by atoms with E-state index in [1.165, 1.54) is 13.0 Å². The number of benzene rings is 1. The maximum absolute atomic E-state index is 12.3. The van der Waals surface area contributed by atoms with Crippen LogP contribution in [-0.4, -0.2) is 13.5 Å². The predicted octanol–water partition coefficient (Wildman–Crippen LogP) is 2.84. The second kappa shape index (κ2) is 5.47. The highest BCUT2D eigenvalue weighted by molar-refractivity contribution is 7.92. The highest BCUT2D eigenvalue weighted by Gasteiger charge is 2.22. The molecule has 1 heterocycles. The zero-order valence-corrected chi connectivity index (χ0v) is 12.5. The minimum atomic E-state index is -3.81. The number of sulfonamides is 1. The van der Waals surface area contributed by atoms with Gasteiger partial charge < -0.3 is 9.52 Å². The molecule has 0 atom stereocenters. The number of hydrogen-bond acceptors (Lipinski definition) is 4. The van der Waals surface area contributed by atoms with Crippen LogP contribution in [0, 0.1) is 13.8 Å². The van der Waals surface area contributed by atoms with Gasteiger partial charge in [0.1, 0.15) is 23.0 Å². The molecule has 2 N–H and O–H groups in total. The van der Waals surface area contributed by atoms with Crippen LogP contribution in [0.4, 0.5) is 5.69 Å². The van der Waals surface area contributed by atoms with Crippen LogP contribution >= 0.6 is 11.6 Å². The molecule has 0 fully saturated rings. The van der Waals surface area contributed by atoms with Gasteiger partial charge in [-0.05, 0) is 31.5 Å². The molecule has 2 rings (SSSR count). The van der Waals surface area contributed by atoms with E-state index in [1.807, 2.05) is 6.92 Å². The van der Waals surface area contributed by atoms with Gasteiger partial charge in [0.2, 0.25) is 0 Å². The number of hydrogen-bond donors (Lipinski definition) is 2. The summed E-state index contributed by atoms with van der Waals surface area (Å²) >= 11 is 5.97. The molecule has 0 aliphatic rings. The van der Waals surface area contributed by atoms with Crippen LogP contribution in [0.3, 0.4) is 0 Å². The van der Waals surface area contributed by atoms with E-state index in [4.69, 9.17) is 21.1 Å². The summed E-state index contributed by atoms with van der Waals surface area (Å²) in [6, 6.07) is 6.34. The summed E-state index contributed by atoms with van der Waals surface area (Å²) in [5.74, 6) is 0.406. The molecule has 1 aromatic carbocycles. The largest absolute Gasteiger partial charge is 0.462 e. The first-order chi connectivity index (χ1) is 9.33. The van der Waals surface area contributed by atoms with E-state index >= 15 is 0 Å². The molecular formula is C13H14ClNO4S. The molecule has 0 amide bonds. The van der Waals surface area contributed by atoms with Crippen LogP contribution in [0.1, 0.15) is 17.1 Å². The second-order valence-electron chi connectivity index (χ2n) is 4.38. The average molecular weight is 316 g/mol. The molecule has 108 valence electrons. The zero-order valence-electron chi connectivity index (χ0n) is 11.0. The Balaban J connectivity index is 2.40. The molecule has 0 aliphatic heterocycles. The molecule has 0 bridgehead atoms. The highest BCUT2D eigenvalue weighted by atomic mass is 35.5. The van der Waals surface area contributed by atoms with Gasteiger partial charge in [0.25, 0.3) is 10.0 Å². The zero-order chi connectivity index (χ0) is 14.9. The highest BCUT2D eigenvalue weighted by Crippen LogP contribution is 2.27. The summed E-state index contributed by atoms with van der Waals surface area (Å²) < 4.78 is 32.2. The molecule has 0 saturated carbocycles. The normalized spacial score (nSPS) is 11.6. The van der Waals surface area contributed by atoms with Crippen molar-refractivity contribution in [2.75, 3.05) is 4.72 Å². The molecule has 20 heavy (non-hydrogen) atoms. The summed E-state index contributed by atoms with van der Waals surface area (Å²) in [7, 11) is -3.81. The van der Waals surface area contributed by atoms with Gasteiger partial charge in [0.15, 0.2) is 0 Å². The van der Waals surface area contributed by atoms with Crippen molar-refractivity contribution in [1.29, 1.82) is 0 Å². The molecule has 0 unspecified atom stereocenters. The minimum Gasteiger partial charge on any atom is -0.462 e. The van der Waals surface area contributed by atoms with Crippen molar-refractivity contribution in [3.05, 3.63) is 46.4 Å². The molecule has 0 spiro atoms. The number of aryl methyl sites for hydroxylation is 2. The Morgan fingerprint density at radius 2 is 2.00 bits per heavy atom. The van der Waals surface area contributed by atoms with Crippen molar-refractivity contribution in [3.63, 3.8) is 0 Å². The van der Waals surface area contributed by atoms with Crippen molar-refractivity contribution in [3.8, 4) is 0 Å². The molecule has 0 radical (unpaired) electrons. The fraction of sp³-hybridized carbons (Fsp3) is 0.231.